The largest absolute Gasteiger partial charge is 0.379 e. The molecule has 0 aliphatic carbocycles. The molecule has 0 heterocycles. The molecule has 184 valence electrons. The first kappa shape index (κ1) is 29.9. The highest BCUT2D eigenvalue weighted by Crippen LogP contribution is 2.07. The van der Waals surface area contributed by atoms with Gasteiger partial charge in [0.1, 0.15) is 6.61 Å². The molecule has 0 spiro atoms. The number of rotatable bonds is 24. The second kappa shape index (κ2) is 23.6. The van der Waals surface area contributed by atoms with Crippen LogP contribution in [0.25, 0.3) is 0 Å². The first-order valence-electron chi connectivity index (χ1n) is 11.7. The average molecular weight is 448 g/mol. The van der Waals surface area contributed by atoms with Crippen LogP contribution >= 0.6 is 0 Å². The summed E-state index contributed by atoms with van der Waals surface area (Å²) in [6, 6.07) is 0. The minimum absolute atomic E-state index is 0.00742. The fourth-order valence-corrected chi connectivity index (χ4v) is 2.64. The molecule has 0 aromatic carbocycles. The number of hydrogen-bond acceptors (Lipinski definition) is 7. The van der Waals surface area contributed by atoms with E-state index in [4.69, 9.17) is 23.7 Å². The van der Waals surface area contributed by atoms with Gasteiger partial charge in [0.05, 0.1) is 52.4 Å². The molecule has 0 saturated carbocycles. The molecule has 0 aliphatic heterocycles. The van der Waals surface area contributed by atoms with Crippen LogP contribution in [0.3, 0.4) is 0 Å². The number of Topliss-reactive ketones (excluding diaryl/α,β-unsaturated/α-hetero) is 1. The van der Waals surface area contributed by atoms with Gasteiger partial charge in [0.15, 0.2) is 5.78 Å². The molecule has 0 radical (unpaired) electrons. The van der Waals surface area contributed by atoms with Crippen molar-refractivity contribution >= 4 is 11.7 Å². The SMILES string of the molecule is CC(=O)COCCOCCOCCOCCNC(=O)CCCCCCCCOC(C)C. The number of unbranched alkanes of at least 4 members (excludes halogenated alkanes) is 5. The Balaban J connectivity index is 3.17. The Morgan fingerprint density at radius 1 is 0.677 bits per heavy atom. The third-order valence-corrected chi connectivity index (χ3v) is 4.24. The zero-order valence-electron chi connectivity index (χ0n) is 20.0. The number of ether oxygens (including phenoxy) is 5. The standard InChI is InChI=1S/C23H45NO7/c1-21(2)31-12-9-7-5-4-6-8-10-23(26)24-11-13-27-14-15-28-16-17-29-18-19-30-20-22(3)25/h21H,4-20H2,1-3H3,(H,24,26). The summed E-state index contributed by atoms with van der Waals surface area (Å²) in [5, 5.41) is 2.88. The van der Waals surface area contributed by atoms with Gasteiger partial charge < -0.3 is 29.0 Å². The predicted molar refractivity (Wildman–Crippen MR) is 120 cm³/mol. The molecule has 8 nitrogen and oxygen atoms in total. The van der Waals surface area contributed by atoms with E-state index in [9.17, 15) is 9.59 Å². The van der Waals surface area contributed by atoms with Crippen molar-refractivity contribution in [2.75, 3.05) is 66.0 Å². The minimum Gasteiger partial charge on any atom is -0.379 e. The summed E-state index contributed by atoms with van der Waals surface area (Å²) in [7, 11) is 0. The molecule has 0 saturated heterocycles. The smallest absolute Gasteiger partial charge is 0.220 e. The fourth-order valence-electron chi connectivity index (χ4n) is 2.64. The lowest BCUT2D eigenvalue weighted by molar-refractivity contribution is -0.122. The number of carbonyl (C=O) groups is 2. The van der Waals surface area contributed by atoms with Gasteiger partial charge in [0, 0.05) is 19.6 Å². The van der Waals surface area contributed by atoms with Crippen molar-refractivity contribution in [1.82, 2.24) is 5.32 Å². The van der Waals surface area contributed by atoms with Crippen LogP contribution in [-0.2, 0) is 33.3 Å². The van der Waals surface area contributed by atoms with Gasteiger partial charge in [0.2, 0.25) is 5.91 Å². The van der Waals surface area contributed by atoms with Crippen LogP contribution in [0, 0.1) is 0 Å². The maximum absolute atomic E-state index is 11.8. The Morgan fingerprint density at radius 2 is 1.19 bits per heavy atom. The van der Waals surface area contributed by atoms with Crippen LogP contribution in [-0.4, -0.2) is 83.8 Å². The van der Waals surface area contributed by atoms with Crippen LogP contribution in [0.1, 0.15) is 65.7 Å². The Labute approximate surface area is 188 Å². The molecule has 1 N–H and O–H groups in total. The molecular weight excluding hydrogens is 402 g/mol. The van der Waals surface area contributed by atoms with Crippen molar-refractivity contribution < 1.29 is 33.3 Å². The zero-order valence-corrected chi connectivity index (χ0v) is 20.0. The van der Waals surface area contributed by atoms with Gasteiger partial charge in [-0.15, -0.1) is 0 Å². The summed E-state index contributed by atoms with van der Waals surface area (Å²) in [6.07, 6.45) is 7.64. The number of hydrogen-bond donors (Lipinski definition) is 1. The minimum atomic E-state index is 0.00742. The van der Waals surface area contributed by atoms with Crippen molar-refractivity contribution in [3.63, 3.8) is 0 Å². The van der Waals surface area contributed by atoms with Crippen LogP contribution in [0.4, 0.5) is 0 Å². The van der Waals surface area contributed by atoms with Crippen LogP contribution < -0.4 is 5.32 Å². The van der Waals surface area contributed by atoms with Crippen molar-refractivity contribution in [2.24, 2.45) is 0 Å². The van der Waals surface area contributed by atoms with Crippen molar-refractivity contribution in [3.8, 4) is 0 Å². The lowest BCUT2D eigenvalue weighted by Crippen LogP contribution is -2.27. The maximum atomic E-state index is 11.8. The maximum Gasteiger partial charge on any atom is 0.220 e. The molecule has 0 rings (SSSR count). The van der Waals surface area contributed by atoms with E-state index in [1.165, 1.54) is 26.2 Å². The third kappa shape index (κ3) is 26.9. The molecule has 0 atom stereocenters. The summed E-state index contributed by atoms with van der Waals surface area (Å²) < 4.78 is 26.7. The molecule has 0 aromatic rings. The lowest BCUT2D eigenvalue weighted by atomic mass is 10.1. The van der Waals surface area contributed by atoms with Gasteiger partial charge in [-0.1, -0.05) is 25.7 Å². The summed E-state index contributed by atoms with van der Waals surface area (Å²) in [4.78, 5) is 22.4. The van der Waals surface area contributed by atoms with Crippen LogP contribution in [0.15, 0.2) is 0 Å². The molecule has 31 heavy (non-hydrogen) atoms. The van der Waals surface area contributed by atoms with E-state index in [1.807, 2.05) is 0 Å². The van der Waals surface area contributed by atoms with Crippen molar-refractivity contribution in [3.05, 3.63) is 0 Å². The highest BCUT2D eigenvalue weighted by Gasteiger charge is 2.01. The van der Waals surface area contributed by atoms with E-state index in [0.29, 0.717) is 65.3 Å². The molecule has 8 heteroatoms. The fraction of sp³-hybridized carbons (Fsp3) is 0.913. The van der Waals surface area contributed by atoms with E-state index < -0.39 is 0 Å². The number of carbonyl (C=O) groups excluding carboxylic acids is 2. The summed E-state index contributed by atoms with van der Waals surface area (Å²) in [5.74, 6) is 0.0997. The van der Waals surface area contributed by atoms with Gasteiger partial charge >= 0.3 is 0 Å². The van der Waals surface area contributed by atoms with E-state index in [2.05, 4.69) is 19.2 Å². The molecule has 0 aliphatic rings. The lowest BCUT2D eigenvalue weighted by Gasteiger charge is -2.08. The van der Waals surface area contributed by atoms with Crippen LogP contribution in [0.2, 0.25) is 0 Å². The second-order valence-corrected chi connectivity index (χ2v) is 7.73. The van der Waals surface area contributed by atoms with Gasteiger partial charge in [-0.3, -0.25) is 9.59 Å². The number of ketones is 1. The van der Waals surface area contributed by atoms with Crippen LogP contribution in [0.5, 0.6) is 0 Å². The van der Waals surface area contributed by atoms with Gasteiger partial charge in [-0.2, -0.15) is 0 Å². The average Bonchev–Trinajstić information content (AvgIpc) is 2.72. The zero-order chi connectivity index (χ0) is 23.0. The van der Waals surface area contributed by atoms with E-state index in [1.54, 1.807) is 0 Å². The molecule has 0 fully saturated rings. The molecular formula is C23H45NO7. The first-order valence-corrected chi connectivity index (χ1v) is 11.7. The molecule has 0 aromatic heterocycles. The number of amides is 1. The Morgan fingerprint density at radius 3 is 1.77 bits per heavy atom. The van der Waals surface area contributed by atoms with Gasteiger partial charge in [-0.05, 0) is 33.6 Å². The highest BCUT2D eigenvalue weighted by molar-refractivity contribution is 5.76. The summed E-state index contributed by atoms with van der Waals surface area (Å²) >= 11 is 0. The van der Waals surface area contributed by atoms with Crippen molar-refractivity contribution in [2.45, 2.75) is 71.8 Å². The molecule has 0 unspecified atom stereocenters. The normalized spacial score (nSPS) is 11.2. The topological polar surface area (TPSA) is 92.3 Å². The quantitative estimate of drug-likeness (QED) is 0.227. The van der Waals surface area contributed by atoms with E-state index in [0.717, 1.165) is 25.9 Å². The Bertz CT molecular complexity index is 419. The molecule has 1 amide bonds. The van der Waals surface area contributed by atoms with E-state index in [-0.39, 0.29) is 18.3 Å². The first-order chi connectivity index (χ1) is 15.0. The Hall–Kier alpha value is -1.06. The van der Waals surface area contributed by atoms with Crippen molar-refractivity contribution in [1.29, 1.82) is 0 Å². The van der Waals surface area contributed by atoms with Gasteiger partial charge in [0.25, 0.3) is 0 Å². The third-order valence-electron chi connectivity index (χ3n) is 4.24. The predicted octanol–water partition coefficient (Wildman–Crippen LogP) is 2.91. The molecule has 0 bridgehead atoms. The monoisotopic (exact) mass is 447 g/mol. The summed E-state index contributed by atoms with van der Waals surface area (Å²) in [6.45, 7) is 10.4. The number of nitrogens with one attached hydrogen (secondary N) is 1. The Kier molecular flexibility index (Phi) is 22.8. The second-order valence-electron chi connectivity index (χ2n) is 7.73. The van der Waals surface area contributed by atoms with Gasteiger partial charge in [-0.25, -0.2) is 0 Å². The van der Waals surface area contributed by atoms with E-state index >= 15 is 0 Å². The summed E-state index contributed by atoms with van der Waals surface area (Å²) in [5.41, 5.74) is 0. The highest BCUT2D eigenvalue weighted by atomic mass is 16.6.